The average molecular weight is 397 g/mol. The minimum Gasteiger partial charge on any atom is -0.355 e. The highest BCUT2D eigenvalue weighted by molar-refractivity contribution is 7.89. The zero-order valence-electron chi connectivity index (χ0n) is 15.5. The number of carbonyl (C=O) groups excluding carboxylic acids is 1. The molecule has 4 rings (SSSR count). The van der Waals surface area contributed by atoms with Gasteiger partial charge in [-0.2, -0.15) is 0 Å². The topological polar surface area (TPSA) is 92.5 Å². The molecule has 144 valence electrons. The van der Waals surface area contributed by atoms with Crippen LogP contribution in [-0.4, -0.2) is 33.1 Å². The summed E-state index contributed by atoms with van der Waals surface area (Å²) in [7, 11) is -2.24. The van der Waals surface area contributed by atoms with Gasteiger partial charge in [0.15, 0.2) is 5.76 Å². The van der Waals surface area contributed by atoms with Gasteiger partial charge in [-0.15, -0.1) is 0 Å². The van der Waals surface area contributed by atoms with Crippen LogP contribution in [0, 0.1) is 6.92 Å². The van der Waals surface area contributed by atoms with E-state index in [1.54, 1.807) is 24.0 Å². The standard InChI is InChI=1S/C20H19N3O4S/c1-13-18(19(27-22-13)15-6-4-3-5-7-15)20(24)23-11-10-14-8-9-16(12-17(14)23)28(25,26)21-2/h3-9,12,21H,10-11H2,1-2H3. The molecule has 1 amide bonds. The molecule has 0 bridgehead atoms. The molecule has 1 N–H and O–H groups in total. The Hall–Kier alpha value is -2.97. The lowest BCUT2D eigenvalue weighted by molar-refractivity contribution is 0.0989. The van der Waals surface area contributed by atoms with E-state index >= 15 is 0 Å². The third-order valence-electron chi connectivity index (χ3n) is 4.89. The fourth-order valence-electron chi connectivity index (χ4n) is 3.40. The molecular formula is C20H19N3O4S. The normalized spacial score (nSPS) is 13.6. The van der Waals surface area contributed by atoms with Crippen molar-refractivity contribution >= 4 is 21.6 Å². The number of nitrogens with one attached hydrogen (secondary N) is 1. The Labute approximate surface area is 163 Å². The fraction of sp³-hybridized carbons (Fsp3) is 0.200. The number of anilines is 1. The van der Waals surface area contributed by atoms with Crippen molar-refractivity contribution in [3.63, 3.8) is 0 Å². The minimum absolute atomic E-state index is 0.124. The van der Waals surface area contributed by atoms with Crippen molar-refractivity contribution in [1.82, 2.24) is 9.88 Å². The van der Waals surface area contributed by atoms with Gasteiger partial charge in [0, 0.05) is 17.8 Å². The molecule has 0 spiro atoms. The molecule has 1 aliphatic rings. The van der Waals surface area contributed by atoms with Crippen molar-refractivity contribution in [3.05, 3.63) is 65.4 Å². The van der Waals surface area contributed by atoms with Crippen molar-refractivity contribution in [2.24, 2.45) is 0 Å². The summed E-state index contributed by atoms with van der Waals surface area (Å²) >= 11 is 0. The number of rotatable bonds is 4. The second-order valence-electron chi connectivity index (χ2n) is 6.54. The molecule has 2 heterocycles. The van der Waals surface area contributed by atoms with E-state index in [9.17, 15) is 13.2 Å². The van der Waals surface area contributed by atoms with Crippen LogP contribution in [0.3, 0.4) is 0 Å². The highest BCUT2D eigenvalue weighted by Crippen LogP contribution is 2.34. The van der Waals surface area contributed by atoms with Gasteiger partial charge in [0.1, 0.15) is 5.56 Å². The SMILES string of the molecule is CNS(=O)(=O)c1ccc2c(c1)N(C(=O)c1c(C)noc1-c1ccccc1)CC2. The Morgan fingerprint density at radius 1 is 1.18 bits per heavy atom. The van der Waals surface area contributed by atoms with E-state index in [1.807, 2.05) is 30.3 Å². The number of sulfonamides is 1. The van der Waals surface area contributed by atoms with Gasteiger partial charge in [0.2, 0.25) is 10.0 Å². The maximum atomic E-state index is 13.4. The van der Waals surface area contributed by atoms with Crippen molar-refractivity contribution in [2.75, 3.05) is 18.5 Å². The molecule has 7 nitrogen and oxygen atoms in total. The summed E-state index contributed by atoms with van der Waals surface area (Å²) in [5.74, 6) is 0.158. The molecule has 0 unspecified atom stereocenters. The summed E-state index contributed by atoms with van der Waals surface area (Å²) in [6, 6.07) is 14.2. The molecule has 1 aliphatic heterocycles. The zero-order chi connectivity index (χ0) is 19.9. The summed E-state index contributed by atoms with van der Waals surface area (Å²) in [5, 5.41) is 3.98. The quantitative estimate of drug-likeness (QED) is 0.731. The Bertz CT molecular complexity index is 1150. The average Bonchev–Trinajstić information content (AvgIpc) is 3.31. The van der Waals surface area contributed by atoms with Crippen LogP contribution >= 0.6 is 0 Å². The van der Waals surface area contributed by atoms with Crippen LogP contribution in [-0.2, 0) is 16.4 Å². The van der Waals surface area contributed by atoms with Crippen molar-refractivity contribution in [2.45, 2.75) is 18.2 Å². The second-order valence-corrected chi connectivity index (χ2v) is 8.43. The lowest BCUT2D eigenvalue weighted by Gasteiger charge is -2.18. The van der Waals surface area contributed by atoms with Crippen LogP contribution in [0.1, 0.15) is 21.6 Å². The molecule has 8 heteroatoms. The predicted molar refractivity (Wildman–Crippen MR) is 105 cm³/mol. The molecular weight excluding hydrogens is 378 g/mol. The molecule has 3 aromatic rings. The molecule has 0 radical (unpaired) electrons. The van der Waals surface area contributed by atoms with Crippen LogP contribution < -0.4 is 9.62 Å². The van der Waals surface area contributed by atoms with Crippen LogP contribution in [0.4, 0.5) is 5.69 Å². The molecule has 0 atom stereocenters. The molecule has 1 aromatic heterocycles. The van der Waals surface area contributed by atoms with E-state index in [2.05, 4.69) is 9.88 Å². The summed E-state index contributed by atoms with van der Waals surface area (Å²) in [6.07, 6.45) is 0.659. The van der Waals surface area contributed by atoms with Gasteiger partial charge in [-0.05, 0) is 38.1 Å². The predicted octanol–water partition coefficient (Wildman–Crippen LogP) is 2.76. The number of nitrogens with zero attached hydrogens (tertiary/aromatic N) is 2. The van der Waals surface area contributed by atoms with Gasteiger partial charge in [-0.1, -0.05) is 41.6 Å². The smallest absolute Gasteiger partial charge is 0.264 e. The monoisotopic (exact) mass is 397 g/mol. The van der Waals surface area contributed by atoms with E-state index in [-0.39, 0.29) is 10.8 Å². The molecule has 0 aliphatic carbocycles. The summed E-state index contributed by atoms with van der Waals surface area (Å²) in [6.45, 7) is 2.19. The first-order valence-electron chi connectivity index (χ1n) is 8.82. The van der Waals surface area contributed by atoms with Gasteiger partial charge in [0.25, 0.3) is 5.91 Å². The van der Waals surface area contributed by atoms with Crippen molar-refractivity contribution in [3.8, 4) is 11.3 Å². The summed E-state index contributed by atoms with van der Waals surface area (Å²) in [5.41, 5.74) is 3.18. The largest absolute Gasteiger partial charge is 0.355 e. The third kappa shape index (κ3) is 3.00. The van der Waals surface area contributed by atoms with Crippen molar-refractivity contribution < 1.29 is 17.7 Å². The van der Waals surface area contributed by atoms with Gasteiger partial charge in [-0.25, -0.2) is 13.1 Å². The highest BCUT2D eigenvalue weighted by atomic mass is 32.2. The Balaban J connectivity index is 1.77. The Kier molecular flexibility index (Phi) is 4.52. The first-order chi connectivity index (χ1) is 13.4. The van der Waals surface area contributed by atoms with Crippen molar-refractivity contribution in [1.29, 1.82) is 0 Å². The molecule has 28 heavy (non-hydrogen) atoms. The molecule has 0 saturated heterocycles. The first kappa shape index (κ1) is 18.4. The third-order valence-corrected chi connectivity index (χ3v) is 6.30. The number of amides is 1. The Morgan fingerprint density at radius 2 is 1.93 bits per heavy atom. The number of aryl methyl sites for hydroxylation is 1. The number of hydrogen-bond donors (Lipinski definition) is 1. The Morgan fingerprint density at radius 3 is 2.64 bits per heavy atom. The fourth-order valence-corrected chi connectivity index (χ4v) is 4.15. The lowest BCUT2D eigenvalue weighted by atomic mass is 10.1. The van der Waals surface area contributed by atoms with Gasteiger partial charge in [-0.3, -0.25) is 4.79 Å². The summed E-state index contributed by atoms with van der Waals surface area (Å²) < 4.78 is 32.1. The lowest BCUT2D eigenvalue weighted by Crippen LogP contribution is -2.30. The van der Waals surface area contributed by atoms with E-state index in [1.165, 1.54) is 13.1 Å². The first-order valence-corrected chi connectivity index (χ1v) is 10.3. The summed E-state index contributed by atoms with van der Waals surface area (Å²) in [4.78, 5) is 15.1. The van der Waals surface area contributed by atoms with E-state index in [0.29, 0.717) is 35.7 Å². The van der Waals surface area contributed by atoms with Crippen LogP contribution in [0.25, 0.3) is 11.3 Å². The maximum absolute atomic E-state index is 13.4. The zero-order valence-corrected chi connectivity index (χ0v) is 16.3. The maximum Gasteiger partial charge on any atom is 0.264 e. The van der Waals surface area contributed by atoms with Crippen LogP contribution in [0.2, 0.25) is 0 Å². The van der Waals surface area contributed by atoms with Gasteiger partial charge in [0.05, 0.1) is 10.6 Å². The minimum atomic E-state index is -3.60. The number of fused-ring (bicyclic) bond motifs is 1. The van der Waals surface area contributed by atoms with Crippen LogP contribution in [0.5, 0.6) is 0 Å². The van der Waals surface area contributed by atoms with Gasteiger partial charge < -0.3 is 9.42 Å². The molecule has 0 saturated carbocycles. The van der Waals surface area contributed by atoms with Gasteiger partial charge >= 0.3 is 0 Å². The molecule has 2 aromatic carbocycles. The number of carbonyl (C=O) groups is 1. The molecule has 0 fully saturated rings. The second kappa shape index (κ2) is 6.88. The number of benzene rings is 2. The number of hydrogen-bond acceptors (Lipinski definition) is 5. The van der Waals surface area contributed by atoms with E-state index in [0.717, 1.165) is 11.1 Å². The number of aromatic nitrogens is 1. The van der Waals surface area contributed by atoms with Crippen LogP contribution in [0.15, 0.2) is 57.9 Å². The van der Waals surface area contributed by atoms with E-state index in [4.69, 9.17) is 4.52 Å². The highest BCUT2D eigenvalue weighted by Gasteiger charge is 2.32. The van der Waals surface area contributed by atoms with E-state index < -0.39 is 10.0 Å².